The Labute approximate surface area is 94.1 Å². The minimum absolute atomic E-state index is 0.127. The summed E-state index contributed by atoms with van der Waals surface area (Å²) >= 11 is 0. The third kappa shape index (κ3) is 2.46. The fourth-order valence-electron chi connectivity index (χ4n) is 1.01. The molecule has 0 atom stereocenters. The first kappa shape index (κ1) is 12.4. The van der Waals surface area contributed by atoms with Crippen LogP contribution in [0, 0.1) is 0 Å². The second kappa shape index (κ2) is 4.44. The summed E-state index contributed by atoms with van der Waals surface area (Å²) in [7, 11) is 1.61. The van der Waals surface area contributed by atoms with Crippen LogP contribution in [0.2, 0.25) is 0 Å². The number of carbonyl (C=O) groups is 1. The molecule has 0 aliphatic carbocycles. The number of likely N-dealkylation sites (N-methyl/N-ethyl adjacent to an activating group) is 1. The number of anilines is 1. The van der Waals surface area contributed by atoms with Crippen molar-refractivity contribution in [1.82, 2.24) is 15.1 Å². The fourth-order valence-corrected chi connectivity index (χ4v) is 1.01. The zero-order valence-corrected chi connectivity index (χ0v) is 9.64. The van der Waals surface area contributed by atoms with E-state index in [1.807, 2.05) is 0 Å². The molecule has 0 unspecified atom stereocenters. The number of amides is 1. The first-order valence-electron chi connectivity index (χ1n) is 4.86. The van der Waals surface area contributed by atoms with Gasteiger partial charge in [0.05, 0.1) is 12.1 Å². The van der Waals surface area contributed by atoms with E-state index in [2.05, 4.69) is 10.2 Å². The lowest BCUT2D eigenvalue weighted by atomic mass is 10.0. The largest absolute Gasteiger partial charge is 0.394 e. The molecule has 1 amide bonds. The average molecular weight is 224 g/mol. The molecule has 88 valence electrons. The van der Waals surface area contributed by atoms with Gasteiger partial charge in [-0.25, -0.2) is 0 Å². The topological polar surface area (TPSA) is 92.3 Å². The molecule has 0 aliphatic heterocycles. The molecule has 1 rings (SSSR count). The van der Waals surface area contributed by atoms with E-state index in [9.17, 15) is 4.79 Å². The van der Waals surface area contributed by atoms with E-state index >= 15 is 0 Å². The maximum Gasteiger partial charge on any atom is 0.274 e. The van der Waals surface area contributed by atoms with E-state index in [1.54, 1.807) is 20.9 Å². The Bertz CT molecular complexity index is 375. The van der Waals surface area contributed by atoms with Gasteiger partial charge >= 0.3 is 0 Å². The van der Waals surface area contributed by atoms with Crippen LogP contribution in [-0.4, -0.2) is 45.3 Å². The van der Waals surface area contributed by atoms with Crippen molar-refractivity contribution >= 4 is 11.7 Å². The van der Waals surface area contributed by atoms with E-state index < -0.39 is 5.54 Å². The summed E-state index contributed by atoms with van der Waals surface area (Å²) in [5.41, 5.74) is 4.94. The lowest BCUT2D eigenvalue weighted by Gasteiger charge is -2.33. The van der Waals surface area contributed by atoms with Crippen LogP contribution in [0.5, 0.6) is 0 Å². The molecule has 0 spiro atoms. The molecular weight excluding hydrogens is 208 g/mol. The number of carbonyl (C=O) groups excluding carboxylic acids is 1. The number of nitrogen functional groups attached to an aromatic ring is 1. The summed E-state index contributed by atoms with van der Waals surface area (Å²) < 4.78 is 0. The Hall–Kier alpha value is -1.69. The molecule has 0 bridgehead atoms. The number of hydrogen-bond donors (Lipinski definition) is 2. The van der Waals surface area contributed by atoms with Crippen molar-refractivity contribution in [3.8, 4) is 0 Å². The van der Waals surface area contributed by atoms with Gasteiger partial charge in [-0.3, -0.25) is 4.79 Å². The van der Waals surface area contributed by atoms with E-state index in [4.69, 9.17) is 10.8 Å². The highest BCUT2D eigenvalue weighted by Gasteiger charge is 2.28. The van der Waals surface area contributed by atoms with Gasteiger partial charge in [-0.15, -0.1) is 10.2 Å². The highest BCUT2D eigenvalue weighted by molar-refractivity contribution is 5.92. The van der Waals surface area contributed by atoms with Crippen molar-refractivity contribution in [1.29, 1.82) is 0 Å². The Morgan fingerprint density at radius 1 is 1.50 bits per heavy atom. The molecule has 0 saturated heterocycles. The van der Waals surface area contributed by atoms with Crippen LogP contribution in [0.1, 0.15) is 24.3 Å². The van der Waals surface area contributed by atoms with Gasteiger partial charge in [0.25, 0.3) is 5.91 Å². The van der Waals surface area contributed by atoms with Crippen molar-refractivity contribution < 1.29 is 9.90 Å². The second-order valence-corrected chi connectivity index (χ2v) is 4.18. The van der Waals surface area contributed by atoms with Gasteiger partial charge in [-0.2, -0.15) is 0 Å². The highest BCUT2D eigenvalue weighted by atomic mass is 16.3. The number of rotatable bonds is 3. The van der Waals surface area contributed by atoms with Crippen LogP contribution in [0.4, 0.5) is 5.82 Å². The van der Waals surface area contributed by atoms with Crippen LogP contribution in [0.3, 0.4) is 0 Å². The van der Waals surface area contributed by atoms with Gasteiger partial charge in [0.2, 0.25) is 0 Å². The van der Waals surface area contributed by atoms with Crippen LogP contribution >= 0.6 is 0 Å². The monoisotopic (exact) mass is 224 g/mol. The van der Waals surface area contributed by atoms with Crippen LogP contribution in [0.25, 0.3) is 0 Å². The maximum absolute atomic E-state index is 11.9. The van der Waals surface area contributed by atoms with E-state index in [-0.39, 0.29) is 24.0 Å². The number of nitrogens with zero attached hydrogens (tertiary/aromatic N) is 3. The smallest absolute Gasteiger partial charge is 0.274 e. The molecule has 0 radical (unpaired) electrons. The van der Waals surface area contributed by atoms with E-state index in [1.165, 1.54) is 17.0 Å². The van der Waals surface area contributed by atoms with E-state index in [0.29, 0.717) is 0 Å². The van der Waals surface area contributed by atoms with Gasteiger partial charge < -0.3 is 15.7 Å². The Morgan fingerprint density at radius 2 is 2.12 bits per heavy atom. The van der Waals surface area contributed by atoms with Crippen LogP contribution < -0.4 is 5.73 Å². The molecule has 0 aliphatic rings. The molecule has 16 heavy (non-hydrogen) atoms. The predicted octanol–water partition coefficient (Wildman–Crippen LogP) is -0.0983. The first-order valence-corrected chi connectivity index (χ1v) is 4.86. The van der Waals surface area contributed by atoms with Crippen molar-refractivity contribution in [2.24, 2.45) is 0 Å². The molecule has 3 N–H and O–H groups in total. The summed E-state index contributed by atoms with van der Waals surface area (Å²) in [5, 5.41) is 16.5. The molecule has 0 aromatic carbocycles. The highest BCUT2D eigenvalue weighted by Crippen LogP contribution is 2.14. The molecule has 1 aromatic rings. The minimum Gasteiger partial charge on any atom is -0.394 e. The van der Waals surface area contributed by atoms with Crippen LogP contribution in [0.15, 0.2) is 12.1 Å². The molecule has 1 aromatic heterocycles. The molecular formula is C10H16N4O2. The number of aliphatic hydroxyl groups is 1. The standard InChI is InChI=1S/C10H16N4O2/c1-10(2,6-15)14(3)9(16)7-4-5-8(11)13-12-7/h4-5,15H,6H2,1-3H3,(H2,11,13). The van der Waals surface area contributed by atoms with Gasteiger partial charge in [-0.05, 0) is 26.0 Å². The SMILES string of the molecule is CN(C(=O)c1ccc(N)nn1)C(C)(C)CO. The quantitative estimate of drug-likeness (QED) is 0.748. The maximum atomic E-state index is 11.9. The summed E-state index contributed by atoms with van der Waals surface area (Å²) in [6.45, 7) is 3.39. The Balaban J connectivity index is 2.90. The van der Waals surface area contributed by atoms with Crippen LogP contribution in [-0.2, 0) is 0 Å². The normalized spacial score (nSPS) is 11.2. The number of hydrogen-bond acceptors (Lipinski definition) is 5. The third-order valence-electron chi connectivity index (χ3n) is 2.50. The van der Waals surface area contributed by atoms with Gasteiger partial charge in [-0.1, -0.05) is 0 Å². The van der Waals surface area contributed by atoms with Gasteiger partial charge in [0.1, 0.15) is 5.82 Å². The van der Waals surface area contributed by atoms with Crippen molar-refractivity contribution in [3.05, 3.63) is 17.8 Å². The summed E-state index contributed by atoms with van der Waals surface area (Å²) in [5.74, 6) is -0.0350. The van der Waals surface area contributed by atoms with Gasteiger partial charge in [0.15, 0.2) is 5.69 Å². The molecule has 1 heterocycles. The predicted molar refractivity (Wildman–Crippen MR) is 59.7 cm³/mol. The number of nitrogens with two attached hydrogens (primary N) is 1. The Morgan fingerprint density at radius 3 is 2.56 bits per heavy atom. The van der Waals surface area contributed by atoms with Crippen molar-refractivity contribution in [2.75, 3.05) is 19.4 Å². The fraction of sp³-hybridized carbons (Fsp3) is 0.500. The second-order valence-electron chi connectivity index (χ2n) is 4.18. The number of aliphatic hydroxyl groups excluding tert-OH is 1. The zero-order chi connectivity index (χ0) is 12.3. The van der Waals surface area contributed by atoms with E-state index in [0.717, 1.165) is 0 Å². The Kier molecular flexibility index (Phi) is 3.44. The third-order valence-corrected chi connectivity index (χ3v) is 2.50. The van der Waals surface area contributed by atoms with Crippen molar-refractivity contribution in [2.45, 2.75) is 19.4 Å². The average Bonchev–Trinajstić information content (AvgIpc) is 2.28. The lowest BCUT2D eigenvalue weighted by molar-refractivity contribution is 0.0466. The van der Waals surface area contributed by atoms with Crippen molar-refractivity contribution in [3.63, 3.8) is 0 Å². The molecule has 6 heteroatoms. The minimum atomic E-state index is -0.639. The molecule has 0 saturated carbocycles. The van der Waals surface area contributed by atoms with Gasteiger partial charge in [0, 0.05) is 7.05 Å². The zero-order valence-electron chi connectivity index (χ0n) is 9.64. The lowest BCUT2D eigenvalue weighted by Crippen LogP contribution is -2.47. The summed E-state index contributed by atoms with van der Waals surface area (Å²) in [6.07, 6.45) is 0. The number of aromatic nitrogens is 2. The molecule has 0 fully saturated rings. The molecule has 6 nitrogen and oxygen atoms in total. The first-order chi connectivity index (χ1) is 7.38. The summed E-state index contributed by atoms with van der Waals surface area (Å²) in [6, 6.07) is 3.02. The summed E-state index contributed by atoms with van der Waals surface area (Å²) in [4.78, 5) is 13.4.